The number of benzene rings is 1. The van der Waals surface area contributed by atoms with Crippen LogP contribution < -0.4 is 5.32 Å². The van der Waals surface area contributed by atoms with Gasteiger partial charge in [0.25, 0.3) is 0 Å². The molecule has 0 unspecified atom stereocenters. The van der Waals surface area contributed by atoms with Gasteiger partial charge in [0.15, 0.2) is 5.65 Å². The number of rotatable bonds is 5. The van der Waals surface area contributed by atoms with Gasteiger partial charge in [0.05, 0.1) is 34.1 Å². The van der Waals surface area contributed by atoms with Crippen LogP contribution >= 0.6 is 0 Å². The Morgan fingerprint density at radius 3 is 2.53 bits per heavy atom. The predicted octanol–water partition coefficient (Wildman–Crippen LogP) is 5.19. The first-order valence-corrected chi connectivity index (χ1v) is 11.8. The summed E-state index contributed by atoms with van der Waals surface area (Å²) in [5.74, 6) is 0.207. The van der Waals surface area contributed by atoms with Gasteiger partial charge < -0.3 is 10.4 Å². The standard InChI is InChI=1S/C27H28N6O/c1-17(2)26-25-23(18-9-12-29-13-10-18)11-14-30-27(25)33(32-26)21-6-3-19(16-28)24(15-21)31-20-4-7-22(34)8-5-20/h3,6,9-15,17,20,22,31,34H,4-5,7-8H2,1-2H3. The fourth-order valence-corrected chi connectivity index (χ4v) is 4.75. The number of hydrogen-bond donors (Lipinski definition) is 2. The summed E-state index contributed by atoms with van der Waals surface area (Å²) in [5.41, 5.74) is 6.17. The maximum Gasteiger partial charge on any atom is 0.163 e. The minimum atomic E-state index is -0.217. The summed E-state index contributed by atoms with van der Waals surface area (Å²) in [5, 5.41) is 29.1. The van der Waals surface area contributed by atoms with E-state index in [4.69, 9.17) is 10.1 Å². The second kappa shape index (κ2) is 9.24. The molecule has 0 bridgehead atoms. The predicted molar refractivity (Wildman–Crippen MR) is 133 cm³/mol. The molecule has 4 aromatic rings. The molecule has 5 rings (SSSR count). The number of nitrogens with zero attached hydrogens (tertiary/aromatic N) is 5. The Hall–Kier alpha value is -3.76. The zero-order valence-electron chi connectivity index (χ0n) is 19.4. The summed E-state index contributed by atoms with van der Waals surface area (Å²) < 4.78 is 1.88. The van der Waals surface area contributed by atoms with Crippen LogP contribution in [0.25, 0.3) is 27.8 Å². The van der Waals surface area contributed by atoms with Crippen molar-refractivity contribution < 1.29 is 5.11 Å². The Morgan fingerprint density at radius 1 is 1.06 bits per heavy atom. The van der Waals surface area contributed by atoms with Gasteiger partial charge in [0.1, 0.15) is 6.07 Å². The molecule has 7 heteroatoms. The van der Waals surface area contributed by atoms with Crippen LogP contribution in [0.3, 0.4) is 0 Å². The van der Waals surface area contributed by atoms with E-state index in [2.05, 4.69) is 30.2 Å². The third-order valence-electron chi connectivity index (χ3n) is 6.56. The highest BCUT2D eigenvalue weighted by Crippen LogP contribution is 2.35. The van der Waals surface area contributed by atoms with E-state index in [0.29, 0.717) is 5.56 Å². The van der Waals surface area contributed by atoms with Gasteiger partial charge in [0, 0.05) is 24.6 Å². The summed E-state index contributed by atoms with van der Waals surface area (Å²) >= 11 is 0. The first-order valence-electron chi connectivity index (χ1n) is 11.8. The fraction of sp³-hybridized carbons (Fsp3) is 0.333. The Balaban J connectivity index is 1.61. The molecule has 1 aromatic carbocycles. The van der Waals surface area contributed by atoms with Crippen molar-refractivity contribution in [3.05, 3.63) is 66.2 Å². The molecule has 7 nitrogen and oxygen atoms in total. The van der Waals surface area contributed by atoms with E-state index in [9.17, 15) is 10.4 Å². The summed E-state index contributed by atoms with van der Waals surface area (Å²) in [4.78, 5) is 8.87. The highest BCUT2D eigenvalue weighted by molar-refractivity contribution is 5.95. The van der Waals surface area contributed by atoms with Crippen molar-refractivity contribution in [1.82, 2.24) is 19.7 Å². The summed E-state index contributed by atoms with van der Waals surface area (Å²) in [6.45, 7) is 4.28. The van der Waals surface area contributed by atoms with Crippen LogP contribution in [0.5, 0.6) is 0 Å². The quantitative estimate of drug-likeness (QED) is 0.432. The average molecular weight is 453 g/mol. The number of anilines is 1. The van der Waals surface area contributed by atoms with E-state index in [-0.39, 0.29) is 18.1 Å². The van der Waals surface area contributed by atoms with E-state index in [1.807, 2.05) is 47.3 Å². The van der Waals surface area contributed by atoms with Crippen molar-refractivity contribution in [2.24, 2.45) is 0 Å². The Kier molecular flexibility index (Phi) is 5.99. The molecule has 0 atom stereocenters. The van der Waals surface area contributed by atoms with E-state index in [1.54, 1.807) is 12.4 Å². The number of aliphatic hydroxyl groups is 1. The molecular formula is C27H28N6O. The number of hydrogen-bond acceptors (Lipinski definition) is 6. The zero-order valence-corrected chi connectivity index (χ0v) is 19.4. The second-order valence-corrected chi connectivity index (χ2v) is 9.24. The van der Waals surface area contributed by atoms with Crippen molar-refractivity contribution >= 4 is 16.7 Å². The summed E-state index contributed by atoms with van der Waals surface area (Å²) in [6, 6.07) is 14.3. The molecule has 3 aromatic heterocycles. The number of aliphatic hydroxyl groups excluding tert-OH is 1. The van der Waals surface area contributed by atoms with Gasteiger partial charge in [-0.05, 0) is 79.1 Å². The molecule has 172 valence electrons. The monoisotopic (exact) mass is 452 g/mol. The molecule has 1 saturated carbocycles. The van der Waals surface area contributed by atoms with Crippen molar-refractivity contribution in [1.29, 1.82) is 5.26 Å². The number of nitriles is 1. The van der Waals surface area contributed by atoms with Gasteiger partial charge in [0.2, 0.25) is 0 Å². The lowest BCUT2D eigenvalue weighted by Gasteiger charge is -2.27. The van der Waals surface area contributed by atoms with Crippen LogP contribution in [0.15, 0.2) is 55.0 Å². The van der Waals surface area contributed by atoms with Crippen molar-refractivity contribution in [2.75, 3.05) is 5.32 Å². The molecule has 0 amide bonds. The molecule has 1 fully saturated rings. The van der Waals surface area contributed by atoms with E-state index >= 15 is 0 Å². The molecule has 34 heavy (non-hydrogen) atoms. The van der Waals surface area contributed by atoms with E-state index in [1.165, 1.54) is 0 Å². The Bertz CT molecular complexity index is 1350. The molecular weight excluding hydrogens is 424 g/mol. The lowest BCUT2D eigenvalue weighted by Crippen LogP contribution is -2.28. The molecule has 3 heterocycles. The van der Waals surface area contributed by atoms with E-state index in [0.717, 1.165) is 64.9 Å². The molecule has 0 spiro atoms. The number of fused-ring (bicyclic) bond motifs is 1. The maximum atomic E-state index is 9.84. The van der Waals surface area contributed by atoms with Crippen LogP contribution in [0.1, 0.15) is 56.7 Å². The second-order valence-electron chi connectivity index (χ2n) is 9.24. The van der Waals surface area contributed by atoms with Gasteiger partial charge in [-0.25, -0.2) is 9.67 Å². The highest BCUT2D eigenvalue weighted by Gasteiger charge is 2.22. The molecule has 0 radical (unpaired) electrons. The first-order chi connectivity index (χ1) is 16.5. The van der Waals surface area contributed by atoms with Crippen LogP contribution in [0.4, 0.5) is 5.69 Å². The maximum absolute atomic E-state index is 9.84. The number of aromatic nitrogens is 4. The minimum Gasteiger partial charge on any atom is -0.393 e. The highest BCUT2D eigenvalue weighted by atomic mass is 16.3. The van der Waals surface area contributed by atoms with Gasteiger partial charge in [-0.1, -0.05) is 13.8 Å². The van der Waals surface area contributed by atoms with Gasteiger partial charge >= 0.3 is 0 Å². The van der Waals surface area contributed by atoms with Crippen molar-refractivity contribution in [2.45, 2.75) is 57.6 Å². The first kappa shape index (κ1) is 22.1. The zero-order chi connectivity index (χ0) is 23.7. The fourth-order valence-electron chi connectivity index (χ4n) is 4.75. The molecule has 1 aliphatic carbocycles. The third-order valence-corrected chi connectivity index (χ3v) is 6.56. The number of nitrogens with one attached hydrogen (secondary N) is 1. The largest absolute Gasteiger partial charge is 0.393 e. The summed E-state index contributed by atoms with van der Waals surface area (Å²) in [6.07, 6.45) is 8.52. The smallest absolute Gasteiger partial charge is 0.163 e. The lowest BCUT2D eigenvalue weighted by atomic mass is 9.93. The van der Waals surface area contributed by atoms with Gasteiger partial charge in [-0.2, -0.15) is 10.4 Å². The topological polar surface area (TPSA) is 99.7 Å². The summed E-state index contributed by atoms with van der Waals surface area (Å²) in [7, 11) is 0. The normalized spacial score (nSPS) is 18.2. The van der Waals surface area contributed by atoms with Crippen LogP contribution in [0.2, 0.25) is 0 Å². The van der Waals surface area contributed by atoms with Gasteiger partial charge in [-0.3, -0.25) is 4.98 Å². The van der Waals surface area contributed by atoms with E-state index < -0.39 is 0 Å². The Labute approximate surface area is 199 Å². The third kappa shape index (κ3) is 4.13. The lowest BCUT2D eigenvalue weighted by molar-refractivity contribution is 0.126. The molecule has 2 N–H and O–H groups in total. The van der Waals surface area contributed by atoms with Crippen LogP contribution in [-0.4, -0.2) is 37.0 Å². The minimum absolute atomic E-state index is 0.207. The Morgan fingerprint density at radius 2 is 1.82 bits per heavy atom. The molecule has 1 aliphatic rings. The van der Waals surface area contributed by atoms with Crippen LogP contribution in [0, 0.1) is 11.3 Å². The number of pyridine rings is 2. The SMILES string of the molecule is CC(C)c1nn(-c2ccc(C#N)c(NC3CCC(O)CC3)c2)c2nccc(-c3ccncc3)c12. The van der Waals surface area contributed by atoms with Crippen molar-refractivity contribution in [3.63, 3.8) is 0 Å². The molecule has 0 aliphatic heterocycles. The van der Waals surface area contributed by atoms with Gasteiger partial charge in [-0.15, -0.1) is 0 Å². The van der Waals surface area contributed by atoms with Crippen molar-refractivity contribution in [3.8, 4) is 22.9 Å². The van der Waals surface area contributed by atoms with Crippen LogP contribution in [-0.2, 0) is 0 Å². The average Bonchev–Trinajstić information content (AvgIpc) is 3.26. The molecule has 0 saturated heterocycles.